The molecule has 0 radical (unpaired) electrons. The van der Waals surface area contributed by atoms with Gasteiger partial charge in [-0.3, -0.25) is 9.59 Å². The first-order valence-electron chi connectivity index (χ1n) is 8.52. The molecule has 0 unspecified atom stereocenters. The van der Waals surface area contributed by atoms with Crippen LogP contribution >= 0.6 is 0 Å². The zero-order valence-electron chi connectivity index (χ0n) is 14.7. The second-order valence-electron chi connectivity index (χ2n) is 6.07. The molecule has 1 aromatic heterocycles. The number of nitrogens with zero attached hydrogens (tertiary/aromatic N) is 1. The van der Waals surface area contributed by atoms with Crippen LogP contribution in [0.5, 0.6) is 0 Å². The number of amides is 1. The number of unbranched alkanes of at least 4 members (excludes halogenated alkanes) is 1. The fourth-order valence-corrected chi connectivity index (χ4v) is 2.65. The third kappa shape index (κ3) is 4.46. The summed E-state index contributed by atoms with van der Waals surface area (Å²) in [5.41, 5.74) is 2.35. The van der Waals surface area contributed by atoms with Crippen molar-refractivity contribution in [1.82, 2.24) is 9.88 Å². The smallest absolute Gasteiger partial charge is 0.263 e. The molecule has 0 spiro atoms. The molecule has 0 aromatic carbocycles. The summed E-state index contributed by atoms with van der Waals surface area (Å²) in [6.45, 7) is 10.8. The van der Waals surface area contributed by atoms with Crippen LogP contribution in [0.4, 0.5) is 0 Å². The lowest BCUT2D eigenvalue weighted by Crippen LogP contribution is -2.38. The number of carbonyl (C=O) groups is 1. The number of rotatable bonds is 8. The van der Waals surface area contributed by atoms with E-state index in [1.807, 2.05) is 18.4 Å². The van der Waals surface area contributed by atoms with Gasteiger partial charge in [-0.25, -0.2) is 0 Å². The molecule has 0 fully saturated rings. The number of hydrogen-bond acceptors (Lipinski definition) is 2. The molecule has 0 aliphatic carbocycles. The molecule has 1 heterocycles. The summed E-state index contributed by atoms with van der Waals surface area (Å²) in [4.78, 5) is 25.1. The summed E-state index contributed by atoms with van der Waals surface area (Å²) >= 11 is 0. The molecule has 4 nitrogen and oxygen atoms in total. The number of carbonyl (C=O) groups excluding carboxylic acids is 1. The van der Waals surface area contributed by atoms with Gasteiger partial charge in [0.25, 0.3) is 11.5 Å². The van der Waals surface area contributed by atoms with Crippen LogP contribution in [0.3, 0.4) is 0 Å². The maximum Gasteiger partial charge on any atom is 0.263 e. The summed E-state index contributed by atoms with van der Waals surface area (Å²) in [6, 6.07) is 1.82. The van der Waals surface area contributed by atoms with E-state index in [4.69, 9.17) is 0 Å². The quantitative estimate of drug-likeness (QED) is 0.801. The summed E-state index contributed by atoms with van der Waals surface area (Å²) in [5, 5.41) is 2.83. The van der Waals surface area contributed by atoms with E-state index >= 15 is 0 Å². The van der Waals surface area contributed by atoms with E-state index < -0.39 is 0 Å². The van der Waals surface area contributed by atoms with E-state index in [0.717, 1.165) is 43.4 Å². The van der Waals surface area contributed by atoms with E-state index in [0.29, 0.717) is 6.54 Å². The predicted octanol–water partition coefficient (Wildman–Crippen LogP) is 3.30. The SMILES string of the molecule is CCCCn1c(CCC)c(CC)cc(C(=O)NC(C)C)c1=O. The zero-order chi connectivity index (χ0) is 16.7. The van der Waals surface area contributed by atoms with Gasteiger partial charge >= 0.3 is 0 Å². The molecule has 1 amide bonds. The van der Waals surface area contributed by atoms with Crippen LogP contribution in [0, 0.1) is 0 Å². The molecule has 0 aliphatic heterocycles. The van der Waals surface area contributed by atoms with Crippen molar-refractivity contribution in [3.05, 3.63) is 33.2 Å². The van der Waals surface area contributed by atoms with E-state index in [1.54, 1.807) is 6.07 Å². The van der Waals surface area contributed by atoms with Crippen LogP contribution in [0.2, 0.25) is 0 Å². The van der Waals surface area contributed by atoms with Crippen LogP contribution in [0.25, 0.3) is 0 Å². The number of nitrogens with one attached hydrogen (secondary N) is 1. The van der Waals surface area contributed by atoms with Crippen molar-refractivity contribution in [2.75, 3.05) is 0 Å². The fraction of sp³-hybridized carbons (Fsp3) is 0.667. The Morgan fingerprint density at radius 2 is 1.91 bits per heavy atom. The lowest BCUT2D eigenvalue weighted by Gasteiger charge is -2.18. The van der Waals surface area contributed by atoms with Gasteiger partial charge in [-0.2, -0.15) is 0 Å². The van der Waals surface area contributed by atoms with Gasteiger partial charge in [0.05, 0.1) is 0 Å². The van der Waals surface area contributed by atoms with Gasteiger partial charge < -0.3 is 9.88 Å². The molecule has 0 aliphatic rings. The zero-order valence-corrected chi connectivity index (χ0v) is 14.7. The van der Waals surface area contributed by atoms with Crippen molar-refractivity contribution < 1.29 is 4.79 Å². The Bertz CT molecular complexity index is 559. The van der Waals surface area contributed by atoms with E-state index in [2.05, 4.69) is 26.1 Å². The minimum absolute atomic E-state index is 0.0244. The Morgan fingerprint density at radius 1 is 1.23 bits per heavy atom. The Morgan fingerprint density at radius 3 is 2.41 bits per heavy atom. The first-order valence-corrected chi connectivity index (χ1v) is 8.52. The Balaban J connectivity index is 3.41. The maximum atomic E-state index is 12.8. The molecule has 124 valence electrons. The number of pyridine rings is 1. The molecular weight excluding hydrogens is 276 g/mol. The first kappa shape index (κ1) is 18.5. The van der Waals surface area contributed by atoms with Gasteiger partial charge in [-0.15, -0.1) is 0 Å². The highest BCUT2D eigenvalue weighted by Crippen LogP contribution is 2.14. The average molecular weight is 306 g/mol. The summed E-state index contributed by atoms with van der Waals surface area (Å²) in [5.74, 6) is -0.261. The van der Waals surface area contributed by atoms with Gasteiger partial charge in [0.2, 0.25) is 0 Å². The minimum atomic E-state index is -0.261. The topological polar surface area (TPSA) is 51.1 Å². The second-order valence-corrected chi connectivity index (χ2v) is 6.07. The van der Waals surface area contributed by atoms with Crippen LogP contribution < -0.4 is 10.9 Å². The number of aryl methyl sites for hydroxylation is 1. The summed E-state index contributed by atoms with van der Waals surface area (Å²) in [6.07, 6.45) is 4.70. The third-order valence-corrected chi connectivity index (χ3v) is 3.76. The van der Waals surface area contributed by atoms with Gasteiger partial charge in [0, 0.05) is 18.3 Å². The molecular formula is C18H30N2O2. The normalized spacial score (nSPS) is 11.0. The van der Waals surface area contributed by atoms with E-state index in [9.17, 15) is 9.59 Å². The Kier molecular flexibility index (Phi) is 7.36. The summed E-state index contributed by atoms with van der Waals surface area (Å²) in [7, 11) is 0. The number of hydrogen-bond donors (Lipinski definition) is 1. The molecule has 1 rings (SSSR count). The third-order valence-electron chi connectivity index (χ3n) is 3.76. The molecule has 1 aromatic rings. The average Bonchev–Trinajstić information content (AvgIpc) is 2.46. The van der Waals surface area contributed by atoms with Crippen molar-refractivity contribution in [3.63, 3.8) is 0 Å². The predicted molar refractivity (Wildman–Crippen MR) is 91.6 cm³/mol. The molecule has 22 heavy (non-hydrogen) atoms. The lowest BCUT2D eigenvalue weighted by atomic mass is 10.0. The van der Waals surface area contributed by atoms with E-state index in [1.165, 1.54) is 0 Å². The summed E-state index contributed by atoms with van der Waals surface area (Å²) < 4.78 is 1.83. The molecule has 4 heteroatoms. The monoisotopic (exact) mass is 306 g/mol. The molecule has 0 saturated carbocycles. The fourth-order valence-electron chi connectivity index (χ4n) is 2.65. The van der Waals surface area contributed by atoms with Crippen molar-refractivity contribution in [1.29, 1.82) is 0 Å². The Hall–Kier alpha value is -1.58. The second kappa shape index (κ2) is 8.76. The highest BCUT2D eigenvalue weighted by atomic mass is 16.2. The molecule has 0 atom stereocenters. The standard InChI is InChI=1S/C18H30N2O2/c1-6-9-11-20-16(10-7-2)14(8-3)12-15(18(20)22)17(21)19-13(4)5/h12-13H,6-11H2,1-5H3,(H,19,21). The highest BCUT2D eigenvalue weighted by molar-refractivity contribution is 5.94. The largest absolute Gasteiger partial charge is 0.350 e. The first-order chi connectivity index (χ1) is 10.5. The maximum absolute atomic E-state index is 12.8. The van der Waals surface area contributed by atoms with Gasteiger partial charge in [0.15, 0.2) is 0 Å². The van der Waals surface area contributed by atoms with E-state index in [-0.39, 0.29) is 23.1 Å². The minimum Gasteiger partial charge on any atom is -0.350 e. The van der Waals surface area contributed by atoms with Crippen molar-refractivity contribution in [2.45, 2.75) is 79.3 Å². The van der Waals surface area contributed by atoms with Crippen molar-refractivity contribution in [2.24, 2.45) is 0 Å². The van der Waals surface area contributed by atoms with Gasteiger partial charge in [-0.1, -0.05) is 33.6 Å². The van der Waals surface area contributed by atoms with Crippen molar-refractivity contribution in [3.8, 4) is 0 Å². The van der Waals surface area contributed by atoms with Gasteiger partial charge in [0.1, 0.15) is 5.56 Å². The van der Waals surface area contributed by atoms with Crippen molar-refractivity contribution >= 4 is 5.91 Å². The van der Waals surface area contributed by atoms with Crippen LogP contribution in [0.15, 0.2) is 10.9 Å². The lowest BCUT2D eigenvalue weighted by molar-refractivity contribution is 0.0940. The van der Waals surface area contributed by atoms with Crippen LogP contribution in [-0.2, 0) is 19.4 Å². The number of aromatic nitrogens is 1. The Labute approximate surface area is 133 Å². The molecule has 0 saturated heterocycles. The molecule has 1 N–H and O–H groups in total. The highest BCUT2D eigenvalue weighted by Gasteiger charge is 2.18. The van der Waals surface area contributed by atoms with Gasteiger partial charge in [-0.05, 0) is 44.7 Å². The van der Waals surface area contributed by atoms with Crippen LogP contribution in [0.1, 0.15) is 75.5 Å². The van der Waals surface area contributed by atoms with Crippen LogP contribution in [-0.4, -0.2) is 16.5 Å². The molecule has 0 bridgehead atoms.